The van der Waals surface area contributed by atoms with Crippen molar-refractivity contribution in [1.82, 2.24) is 10.3 Å². The largest absolute Gasteiger partial charge is 0.497 e. The first kappa shape index (κ1) is 13.9. The van der Waals surface area contributed by atoms with Crippen LogP contribution in [0.1, 0.15) is 15.9 Å². The van der Waals surface area contributed by atoms with Crippen LogP contribution in [0.15, 0.2) is 42.7 Å². The lowest BCUT2D eigenvalue weighted by atomic mass is 10.1. The number of carbonyl (C=O) groups is 1. The molecule has 0 aliphatic rings. The van der Waals surface area contributed by atoms with Gasteiger partial charge in [0, 0.05) is 18.9 Å². The minimum atomic E-state index is -0.218. The van der Waals surface area contributed by atoms with Gasteiger partial charge in [0.2, 0.25) is 0 Å². The number of nitrogens with zero attached hydrogens (tertiary/aromatic N) is 1. The normalized spacial score (nSPS) is 9.90. The van der Waals surface area contributed by atoms with Crippen molar-refractivity contribution < 1.29 is 14.3 Å². The Balaban J connectivity index is 2.12. The summed E-state index contributed by atoms with van der Waals surface area (Å²) in [5, 5.41) is 2.83. The Hall–Kier alpha value is -2.56. The average Bonchev–Trinajstić information content (AvgIpc) is 2.52. The van der Waals surface area contributed by atoms with E-state index in [1.165, 1.54) is 7.11 Å². The summed E-state index contributed by atoms with van der Waals surface area (Å²) in [6.07, 6.45) is 3.40. The first-order valence-corrected chi connectivity index (χ1v) is 6.13. The maximum atomic E-state index is 12.2. The van der Waals surface area contributed by atoms with Crippen LogP contribution in [-0.4, -0.2) is 25.1 Å². The van der Waals surface area contributed by atoms with Crippen molar-refractivity contribution in [3.63, 3.8) is 0 Å². The molecule has 1 N–H and O–H groups in total. The number of amides is 1. The van der Waals surface area contributed by atoms with E-state index in [-0.39, 0.29) is 5.91 Å². The number of hydrogen-bond donors (Lipinski definition) is 1. The molecule has 104 valence electrons. The Kier molecular flexibility index (Phi) is 4.55. The second-order valence-corrected chi connectivity index (χ2v) is 4.11. The van der Waals surface area contributed by atoms with Gasteiger partial charge in [0.1, 0.15) is 11.5 Å². The monoisotopic (exact) mass is 272 g/mol. The van der Waals surface area contributed by atoms with Crippen molar-refractivity contribution in [3.05, 3.63) is 53.9 Å². The zero-order valence-corrected chi connectivity index (χ0v) is 11.4. The van der Waals surface area contributed by atoms with Crippen molar-refractivity contribution in [2.75, 3.05) is 14.2 Å². The predicted molar refractivity (Wildman–Crippen MR) is 75.0 cm³/mol. The van der Waals surface area contributed by atoms with Crippen LogP contribution in [0, 0.1) is 0 Å². The first-order valence-electron chi connectivity index (χ1n) is 6.13. The lowest BCUT2D eigenvalue weighted by Crippen LogP contribution is -2.23. The van der Waals surface area contributed by atoms with Gasteiger partial charge in [0.25, 0.3) is 5.91 Å². The molecule has 2 aromatic rings. The lowest BCUT2D eigenvalue weighted by Gasteiger charge is -2.10. The van der Waals surface area contributed by atoms with E-state index in [9.17, 15) is 4.79 Å². The Morgan fingerprint density at radius 1 is 1.25 bits per heavy atom. The third-order valence-electron chi connectivity index (χ3n) is 2.83. The molecular weight excluding hydrogens is 256 g/mol. The Bertz CT molecular complexity index is 585. The lowest BCUT2D eigenvalue weighted by molar-refractivity contribution is 0.0947. The van der Waals surface area contributed by atoms with Crippen molar-refractivity contribution in [2.45, 2.75) is 6.54 Å². The molecule has 1 aromatic carbocycles. The van der Waals surface area contributed by atoms with E-state index in [4.69, 9.17) is 9.47 Å². The number of aromatic nitrogens is 1. The van der Waals surface area contributed by atoms with Crippen LogP contribution in [0.3, 0.4) is 0 Å². The molecule has 0 fully saturated rings. The molecule has 0 spiro atoms. The molecule has 0 saturated heterocycles. The Morgan fingerprint density at radius 3 is 2.75 bits per heavy atom. The maximum Gasteiger partial charge on any atom is 0.255 e. The number of hydrogen-bond acceptors (Lipinski definition) is 4. The standard InChI is InChI=1S/C15H16N2O3/c1-19-12-5-6-14(20-2)13(8-12)15(18)17-10-11-4-3-7-16-9-11/h3-9H,10H2,1-2H3,(H,17,18). The van der Waals surface area contributed by atoms with E-state index in [2.05, 4.69) is 10.3 Å². The Morgan fingerprint density at radius 2 is 2.10 bits per heavy atom. The summed E-state index contributed by atoms with van der Waals surface area (Å²) < 4.78 is 10.3. The number of ether oxygens (including phenoxy) is 2. The van der Waals surface area contributed by atoms with Crippen LogP contribution < -0.4 is 14.8 Å². The fraction of sp³-hybridized carbons (Fsp3) is 0.200. The van der Waals surface area contributed by atoms with E-state index in [1.807, 2.05) is 12.1 Å². The van der Waals surface area contributed by atoms with E-state index >= 15 is 0 Å². The van der Waals surface area contributed by atoms with Crippen molar-refractivity contribution in [2.24, 2.45) is 0 Å². The van der Waals surface area contributed by atoms with Crippen LogP contribution in [0.25, 0.3) is 0 Å². The number of carbonyl (C=O) groups excluding carboxylic acids is 1. The molecule has 0 aliphatic heterocycles. The SMILES string of the molecule is COc1ccc(OC)c(C(=O)NCc2cccnc2)c1. The van der Waals surface area contributed by atoms with Crippen molar-refractivity contribution in [1.29, 1.82) is 0 Å². The summed E-state index contributed by atoms with van der Waals surface area (Å²) in [7, 11) is 3.08. The van der Waals surface area contributed by atoms with Gasteiger partial charge in [-0.2, -0.15) is 0 Å². The number of nitrogens with one attached hydrogen (secondary N) is 1. The second kappa shape index (κ2) is 6.56. The molecule has 0 bridgehead atoms. The second-order valence-electron chi connectivity index (χ2n) is 4.11. The van der Waals surface area contributed by atoms with Crippen molar-refractivity contribution >= 4 is 5.91 Å². The number of benzene rings is 1. The van der Waals surface area contributed by atoms with Gasteiger partial charge >= 0.3 is 0 Å². The van der Waals surface area contributed by atoms with Crippen LogP contribution >= 0.6 is 0 Å². The highest BCUT2D eigenvalue weighted by Gasteiger charge is 2.13. The third-order valence-corrected chi connectivity index (χ3v) is 2.83. The van der Waals surface area contributed by atoms with Gasteiger partial charge in [-0.3, -0.25) is 9.78 Å². The number of rotatable bonds is 5. The predicted octanol–water partition coefficient (Wildman–Crippen LogP) is 2.03. The van der Waals surface area contributed by atoms with E-state index in [0.717, 1.165) is 5.56 Å². The van der Waals surface area contributed by atoms with Gasteiger partial charge in [-0.1, -0.05) is 6.07 Å². The molecule has 20 heavy (non-hydrogen) atoms. The van der Waals surface area contributed by atoms with Gasteiger partial charge in [-0.15, -0.1) is 0 Å². The van der Waals surface area contributed by atoms with Crippen LogP contribution in [0.5, 0.6) is 11.5 Å². The van der Waals surface area contributed by atoms with E-state index < -0.39 is 0 Å². The average molecular weight is 272 g/mol. The van der Waals surface area contributed by atoms with Crippen molar-refractivity contribution in [3.8, 4) is 11.5 Å². The van der Waals surface area contributed by atoms with Gasteiger partial charge in [0.15, 0.2) is 0 Å². The summed E-state index contributed by atoms with van der Waals surface area (Å²) in [5.41, 5.74) is 1.37. The molecule has 0 saturated carbocycles. The smallest absolute Gasteiger partial charge is 0.255 e. The summed E-state index contributed by atoms with van der Waals surface area (Å²) in [6, 6.07) is 8.83. The molecule has 0 unspecified atom stereocenters. The summed E-state index contributed by atoms with van der Waals surface area (Å²) in [5.74, 6) is 0.899. The molecular formula is C15H16N2O3. The molecule has 1 amide bonds. The molecule has 5 heteroatoms. The molecule has 1 heterocycles. The molecule has 1 aromatic heterocycles. The minimum Gasteiger partial charge on any atom is -0.497 e. The maximum absolute atomic E-state index is 12.2. The van der Waals surface area contributed by atoms with Crippen LogP contribution in [0.4, 0.5) is 0 Å². The number of pyridine rings is 1. The van der Waals surface area contributed by atoms with Gasteiger partial charge < -0.3 is 14.8 Å². The number of methoxy groups -OCH3 is 2. The molecule has 0 radical (unpaired) electrons. The molecule has 0 aliphatic carbocycles. The zero-order chi connectivity index (χ0) is 14.4. The van der Waals surface area contributed by atoms with Crippen LogP contribution in [-0.2, 0) is 6.54 Å². The topological polar surface area (TPSA) is 60.5 Å². The van der Waals surface area contributed by atoms with Gasteiger partial charge in [0.05, 0.1) is 19.8 Å². The quantitative estimate of drug-likeness (QED) is 0.904. The van der Waals surface area contributed by atoms with Gasteiger partial charge in [-0.05, 0) is 29.8 Å². The highest BCUT2D eigenvalue weighted by molar-refractivity contribution is 5.97. The molecule has 2 rings (SSSR count). The van der Waals surface area contributed by atoms with Crippen LogP contribution in [0.2, 0.25) is 0 Å². The summed E-state index contributed by atoms with van der Waals surface area (Å²) in [4.78, 5) is 16.2. The first-order chi connectivity index (χ1) is 9.74. The minimum absolute atomic E-state index is 0.218. The highest BCUT2D eigenvalue weighted by Crippen LogP contribution is 2.23. The zero-order valence-electron chi connectivity index (χ0n) is 11.4. The highest BCUT2D eigenvalue weighted by atomic mass is 16.5. The molecule has 0 atom stereocenters. The molecule has 5 nitrogen and oxygen atoms in total. The summed E-state index contributed by atoms with van der Waals surface area (Å²) in [6.45, 7) is 0.410. The fourth-order valence-corrected chi connectivity index (χ4v) is 1.77. The third kappa shape index (κ3) is 3.26. The fourth-order valence-electron chi connectivity index (χ4n) is 1.77. The summed E-state index contributed by atoms with van der Waals surface area (Å²) >= 11 is 0. The Labute approximate surface area is 117 Å². The van der Waals surface area contributed by atoms with E-state index in [1.54, 1.807) is 37.7 Å². The van der Waals surface area contributed by atoms with Gasteiger partial charge in [-0.25, -0.2) is 0 Å². The van der Waals surface area contributed by atoms with E-state index in [0.29, 0.717) is 23.6 Å².